The van der Waals surface area contributed by atoms with Crippen LogP contribution in [0.1, 0.15) is 17.5 Å². The molecule has 0 atom stereocenters. The summed E-state index contributed by atoms with van der Waals surface area (Å²) in [5.74, 6) is 1.21. The number of hydrogen-bond acceptors (Lipinski definition) is 3. The summed E-state index contributed by atoms with van der Waals surface area (Å²) in [6, 6.07) is 25.4. The number of carbonyl (C=O) groups excluding carboxylic acids is 1. The van der Waals surface area contributed by atoms with E-state index < -0.39 is 0 Å². The van der Waals surface area contributed by atoms with Crippen LogP contribution in [-0.4, -0.2) is 19.1 Å². The standard InChI is InChI=1S/C24H25NO3/c1-19-12-14-22(15-13-19)28-18-24(26)25-21-10-5-11-23(17-21)27-16-6-9-20-7-3-2-4-8-20/h2-5,7-8,10-15,17H,6,9,16,18H2,1H3,(H,25,26). The molecule has 1 amide bonds. The summed E-state index contributed by atoms with van der Waals surface area (Å²) in [5.41, 5.74) is 3.15. The number of aryl methyl sites for hydroxylation is 2. The Balaban J connectivity index is 1.42. The van der Waals surface area contributed by atoms with Crippen LogP contribution in [0.4, 0.5) is 5.69 Å². The molecule has 0 aliphatic carbocycles. The first-order chi connectivity index (χ1) is 13.7. The minimum absolute atomic E-state index is 0.0365. The van der Waals surface area contributed by atoms with Gasteiger partial charge >= 0.3 is 0 Å². The average molecular weight is 375 g/mol. The van der Waals surface area contributed by atoms with E-state index in [0.29, 0.717) is 18.0 Å². The molecule has 0 saturated heterocycles. The summed E-state index contributed by atoms with van der Waals surface area (Å²) in [7, 11) is 0. The van der Waals surface area contributed by atoms with Crippen LogP contribution in [-0.2, 0) is 11.2 Å². The monoisotopic (exact) mass is 375 g/mol. The van der Waals surface area contributed by atoms with Crippen molar-refractivity contribution in [1.82, 2.24) is 0 Å². The molecule has 0 unspecified atom stereocenters. The Labute approximate surface area is 166 Å². The topological polar surface area (TPSA) is 47.6 Å². The molecule has 0 spiro atoms. The Hall–Kier alpha value is -3.27. The molecule has 3 rings (SSSR count). The first-order valence-corrected chi connectivity index (χ1v) is 9.45. The molecule has 144 valence electrons. The van der Waals surface area contributed by atoms with Crippen molar-refractivity contribution < 1.29 is 14.3 Å². The van der Waals surface area contributed by atoms with Gasteiger partial charge < -0.3 is 14.8 Å². The zero-order valence-electron chi connectivity index (χ0n) is 16.1. The van der Waals surface area contributed by atoms with Crippen molar-refractivity contribution in [2.24, 2.45) is 0 Å². The van der Waals surface area contributed by atoms with Crippen LogP contribution in [0.5, 0.6) is 11.5 Å². The second-order valence-electron chi connectivity index (χ2n) is 6.62. The second kappa shape index (κ2) is 10.2. The number of hydrogen-bond donors (Lipinski definition) is 1. The molecule has 0 radical (unpaired) electrons. The first-order valence-electron chi connectivity index (χ1n) is 9.45. The maximum absolute atomic E-state index is 12.1. The van der Waals surface area contributed by atoms with Crippen molar-refractivity contribution in [3.8, 4) is 11.5 Å². The summed E-state index contributed by atoms with van der Waals surface area (Å²) in [4.78, 5) is 12.1. The molecule has 4 nitrogen and oxygen atoms in total. The molecular formula is C24H25NO3. The number of anilines is 1. The van der Waals surface area contributed by atoms with E-state index in [0.717, 1.165) is 24.2 Å². The number of nitrogens with one attached hydrogen (secondary N) is 1. The van der Waals surface area contributed by atoms with Crippen molar-refractivity contribution in [1.29, 1.82) is 0 Å². The third-order valence-corrected chi connectivity index (χ3v) is 4.23. The van der Waals surface area contributed by atoms with E-state index in [1.807, 2.05) is 73.7 Å². The third kappa shape index (κ3) is 6.47. The molecule has 3 aromatic carbocycles. The van der Waals surface area contributed by atoms with Gasteiger partial charge in [-0.05, 0) is 49.6 Å². The van der Waals surface area contributed by atoms with Gasteiger partial charge in [-0.2, -0.15) is 0 Å². The first kappa shape index (κ1) is 19.5. The third-order valence-electron chi connectivity index (χ3n) is 4.23. The van der Waals surface area contributed by atoms with Gasteiger partial charge in [0.1, 0.15) is 11.5 Å². The summed E-state index contributed by atoms with van der Waals surface area (Å²) in [6.07, 6.45) is 1.92. The molecule has 28 heavy (non-hydrogen) atoms. The zero-order chi connectivity index (χ0) is 19.6. The van der Waals surface area contributed by atoms with E-state index in [2.05, 4.69) is 17.4 Å². The van der Waals surface area contributed by atoms with E-state index in [4.69, 9.17) is 9.47 Å². The van der Waals surface area contributed by atoms with Crippen LogP contribution in [0.25, 0.3) is 0 Å². The highest BCUT2D eigenvalue weighted by Gasteiger charge is 2.05. The maximum atomic E-state index is 12.1. The van der Waals surface area contributed by atoms with Crippen molar-refractivity contribution in [2.75, 3.05) is 18.5 Å². The Morgan fingerprint density at radius 2 is 1.64 bits per heavy atom. The highest BCUT2D eigenvalue weighted by Crippen LogP contribution is 2.18. The van der Waals surface area contributed by atoms with E-state index in [9.17, 15) is 4.79 Å². The molecule has 0 aliphatic heterocycles. The predicted octanol–water partition coefficient (Wildman–Crippen LogP) is 5.02. The fourth-order valence-corrected chi connectivity index (χ4v) is 2.76. The van der Waals surface area contributed by atoms with Gasteiger partial charge in [-0.1, -0.05) is 54.1 Å². The number of benzene rings is 3. The quantitative estimate of drug-likeness (QED) is 0.534. The van der Waals surface area contributed by atoms with Crippen LogP contribution < -0.4 is 14.8 Å². The van der Waals surface area contributed by atoms with Crippen LogP contribution in [0.3, 0.4) is 0 Å². The van der Waals surface area contributed by atoms with Gasteiger partial charge in [-0.15, -0.1) is 0 Å². The van der Waals surface area contributed by atoms with Crippen molar-refractivity contribution >= 4 is 11.6 Å². The molecule has 0 fully saturated rings. The summed E-state index contributed by atoms with van der Waals surface area (Å²) < 4.78 is 11.3. The maximum Gasteiger partial charge on any atom is 0.262 e. The van der Waals surface area contributed by atoms with Crippen LogP contribution >= 0.6 is 0 Å². The van der Waals surface area contributed by atoms with E-state index in [1.165, 1.54) is 5.56 Å². The highest BCUT2D eigenvalue weighted by atomic mass is 16.5. The summed E-state index contributed by atoms with van der Waals surface area (Å²) in [5, 5.41) is 2.84. The van der Waals surface area contributed by atoms with Gasteiger partial charge in [-0.3, -0.25) is 4.79 Å². The van der Waals surface area contributed by atoms with E-state index >= 15 is 0 Å². The molecule has 4 heteroatoms. The Morgan fingerprint density at radius 3 is 2.43 bits per heavy atom. The van der Waals surface area contributed by atoms with Crippen molar-refractivity contribution in [3.05, 3.63) is 90.0 Å². The normalized spacial score (nSPS) is 10.3. The number of carbonyl (C=O) groups is 1. The lowest BCUT2D eigenvalue weighted by Crippen LogP contribution is -2.20. The molecule has 0 bridgehead atoms. The van der Waals surface area contributed by atoms with Gasteiger partial charge in [0.15, 0.2) is 6.61 Å². The molecule has 0 heterocycles. The van der Waals surface area contributed by atoms with Crippen LogP contribution in [0, 0.1) is 6.92 Å². The average Bonchev–Trinajstić information content (AvgIpc) is 2.72. The number of rotatable bonds is 9. The fourth-order valence-electron chi connectivity index (χ4n) is 2.76. The van der Waals surface area contributed by atoms with Gasteiger partial charge in [-0.25, -0.2) is 0 Å². The zero-order valence-corrected chi connectivity index (χ0v) is 16.1. The molecular weight excluding hydrogens is 350 g/mol. The van der Waals surface area contributed by atoms with Gasteiger partial charge in [0.05, 0.1) is 6.61 Å². The van der Waals surface area contributed by atoms with Crippen molar-refractivity contribution in [2.45, 2.75) is 19.8 Å². The lowest BCUT2D eigenvalue weighted by atomic mass is 10.1. The molecule has 0 aromatic heterocycles. The SMILES string of the molecule is Cc1ccc(OCC(=O)Nc2cccc(OCCCc3ccccc3)c2)cc1. The second-order valence-corrected chi connectivity index (χ2v) is 6.62. The fraction of sp³-hybridized carbons (Fsp3) is 0.208. The van der Waals surface area contributed by atoms with Crippen LogP contribution in [0.15, 0.2) is 78.9 Å². The Morgan fingerprint density at radius 1 is 0.857 bits per heavy atom. The Kier molecular flexibility index (Phi) is 7.08. The van der Waals surface area contributed by atoms with Crippen LogP contribution in [0.2, 0.25) is 0 Å². The van der Waals surface area contributed by atoms with E-state index in [1.54, 1.807) is 0 Å². The Bertz CT molecular complexity index is 876. The minimum Gasteiger partial charge on any atom is -0.494 e. The smallest absolute Gasteiger partial charge is 0.262 e. The number of ether oxygens (including phenoxy) is 2. The molecule has 0 aliphatic rings. The molecule has 0 saturated carbocycles. The summed E-state index contributed by atoms with van der Waals surface area (Å²) in [6.45, 7) is 2.60. The lowest BCUT2D eigenvalue weighted by molar-refractivity contribution is -0.118. The summed E-state index contributed by atoms with van der Waals surface area (Å²) >= 11 is 0. The van der Waals surface area contributed by atoms with Gasteiger partial charge in [0, 0.05) is 11.8 Å². The predicted molar refractivity (Wildman–Crippen MR) is 112 cm³/mol. The lowest BCUT2D eigenvalue weighted by Gasteiger charge is -2.10. The molecule has 3 aromatic rings. The highest BCUT2D eigenvalue weighted by molar-refractivity contribution is 5.92. The van der Waals surface area contributed by atoms with E-state index in [-0.39, 0.29) is 12.5 Å². The van der Waals surface area contributed by atoms with Gasteiger partial charge in [0.2, 0.25) is 0 Å². The number of amides is 1. The largest absolute Gasteiger partial charge is 0.494 e. The minimum atomic E-state index is -0.207. The van der Waals surface area contributed by atoms with Crippen molar-refractivity contribution in [3.63, 3.8) is 0 Å². The molecule has 1 N–H and O–H groups in total. The van der Waals surface area contributed by atoms with Gasteiger partial charge in [0.25, 0.3) is 5.91 Å².